The molecule has 0 unspecified atom stereocenters. The van der Waals surface area contributed by atoms with Gasteiger partial charge in [0.2, 0.25) is 0 Å². The summed E-state index contributed by atoms with van der Waals surface area (Å²) in [6, 6.07) is 0. The largest absolute Gasteiger partial charge is 0.384 e. The number of ether oxygens (including phenoxy) is 1. The maximum atomic E-state index is 5.37. The van der Waals surface area contributed by atoms with E-state index in [9.17, 15) is 0 Å². The van der Waals surface area contributed by atoms with Gasteiger partial charge in [0.05, 0.1) is 6.61 Å². The third kappa shape index (κ3) is 4.49. The van der Waals surface area contributed by atoms with Gasteiger partial charge in [-0.2, -0.15) is 0 Å². The Bertz CT molecular complexity index is 150. The van der Waals surface area contributed by atoms with Gasteiger partial charge in [0.25, 0.3) is 0 Å². The van der Waals surface area contributed by atoms with Gasteiger partial charge >= 0.3 is 0 Å². The molecule has 1 aliphatic heterocycles. The van der Waals surface area contributed by atoms with Gasteiger partial charge in [-0.3, -0.25) is 0 Å². The van der Waals surface area contributed by atoms with E-state index < -0.39 is 0 Å². The molecule has 0 aromatic heterocycles. The number of rotatable bonds is 7. The summed E-state index contributed by atoms with van der Waals surface area (Å²) in [6.45, 7) is 7.67. The van der Waals surface area contributed by atoms with E-state index in [2.05, 4.69) is 17.6 Å². The summed E-state index contributed by atoms with van der Waals surface area (Å²) in [5.41, 5.74) is 0.383. The van der Waals surface area contributed by atoms with Crippen LogP contribution in [0.3, 0.4) is 0 Å². The standard InChI is InChI=1S/C12H26N2O/c1-3-4-7-14-10-12(11-15-2)5-8-13-9-6-12/h13-14H,3-11H2,1-2H3. The normalized spacial score (nSPS) is 20.4. The molecule has 0 spiro atoms. The van der Waals surface area contributed by atoms with E-state index in [1.54, 1.807) is 0 Å². The molecule has 0 radical (unpaired) electrons. The smallest absolute Gasteiger partial charge is 0.0531 e. The van der Waals surface area contributed by atoms with Crippen LogP contribution in [0.5, 0.6) is 0 Å². The lowest BCUT2D eigenvalue weighted by Gasteiger charge is -2.37. The first-order valence-corrected chi connectivity index (χ1v) is 6.23. The predicted molar refractivity (Wildman–Crippen MR) is 64.2 cm³/mol. The fraction of sp³-hybridized carbons (Fsp3) is 1.00. The van der Waals surface area contributed by atoms with Crippen LogP contribution in [0.25, 0.3) is 0 Å². The van der Waals surface area contributed by atoms with Crippen molar-refractivity contribution in [3.8, 4) is 0 Å². The van der Waals surface area contributed by atoms with Crippen LogP contribution in [0.15, 0.2) is 0 Å². The zero-order valence-corrected chi connectivity index (χ0v) is 10.3. The number of piperidine rings is 1. The molecule has 0 aromatic carbocycles. The summed E-state index contributed by atoms with van der Waals surface area (Å²) in [5.74, 6) is 0. The molecule has 0 aliphatic carbocycles. The van der Waals surface area contributed by atoms with E-state index in [0.29, 0.717) is 5.41 Å². The average molecular weight is 214 g/mol. The summed E-state index contributed by atoms with van der Waals surface area (Å²) in [6.07, 6.45) is 5.02. The SMILES string of the molecule is CCCCNCC1(COC)CCNCC1. The van der Waals surface area contributed by atoms with Crippen molar-refractivity contribution in [2.45, 2.75) is 32.6 Å². The molecule has 3 heteroatoms. The van der Waals surface area contributed by atoms with Gasteiger partial charge in [0, 0.05) is 19.1 Å². The first-order chi connectivity index (χ1) is 7.33. The van der Waals surface area contributed by atoms with Crippen molar-refractivity contribution in [3.05, 3.63) is 0 Å². The van der Waals surface area contributed by atoms with Gasteiger partial charge in [0.15, 0.2) is 0 Å². The van der Waals surface area contributed by atoms with Crippen molar-refractivity contribution in [2.24, 2.45) is 5.41 Å². The van der Waals surface area contributed by atoms with E-state index in [4.69, 9.17) is 4.74 Å². The topological polar surface area (TPSA) is 33.3 Å². The fourth-order valence-corrected chi connectivity index (χ4v) is 2.29. The average Bonchev–Trinajstić information content (AvgIpc) is 2.26. The monoisotopic (exact) mass is 214 g/mol. The van der Waals surface area contributed by atoms with E-state index in [1.807, 2.05) is 7.11 Å². The third-order valence-electron chi connectivity index (χ3n) is 3.32. The molecule has 0 saturated carbocycles. The lowest BCUT2D eigenvalue weighted by atomic mass is 9.79. The zero-order valence-electron chi connectivity index (χ0n) is 10.3. The van der Waals surface area contributed by atoms with Gasteiger partial charge in [-0.25, -0.2) is 0 Å². The van der Waals surface area contributed by atoms with Gasteiger partial charge in [-0.1, -0.05) is 13.3 Å². The first-order valence-electron chi connectivity index (χ1n) is 6.23. The third-order valence-corrected chi connectivity index (χ3v) is 3.32. The lowest BCUT2D eigenvalue weighted by Crippen LogP contribution is -2.46. The molecule has 1 rings (SSSR count). The molecule has 1 fully saturated rings. The molecule has 1 heterocycles. The number of unbranched alkanes of at least 4 members (excludes halogenated alkanes) is 1. The summed E-state index contributed by atoms with van der Waals surface area (Å²) < 4.78 is 5.37. The van der Waals surface area contributed by atoms with E-state index in [0.717, 1.165) is 32.8 Å². The Balaban J connectivity index is 2.28. The van der Waals surface area contributed by atoms with Crippen LogP contribution in [-0.2, 0) is 4.74 Å². The molecular weight excluding hydrogens is 188 g/mol. The molecular formula is C12H26N2O. The minimum atomic E-state index is 0.383. The lowest BCUT2D eigenvalue weighted by molar-refractivity contribution is 0.0537. The van der Waals surface area contributed by atoms with Crippen LogP contribution in [-0.4, -0.2) is 39.9 Å². The maximum Gasteiger partial charge on any atom is 0.0531 e. The van der Waals surface area contributed by atoms with Crippen LogP contribution in [0.4, 0.5) is 0 Å². The highest BCUT2D eigenvalue weighted by atomic mass is 16.5. The van der Waals surface area contributed by atoms with E-state index in [-0.39, 0.29) is 0 Å². The van der Waals surface area contributed by atoms with Crippen LogP contribution >= 0.6 is 0 Å². The second-order valence-corrected chi connectivity index (χ2v) is 4.71. The molecule has 0 atom stereocenters. The highest BCUT2D eigenvalue weighted by Crippen LogP contribution is 2.28. The molecule has 0 amide bonds. The molecule has 0 bridgehead atoms. The van der Waals surface area contributed by atoms with Gasteiger partial charge < -0.3 is 15.4 Å². The zero-order chi connectivity index (χ0) is 11.0. The Kier molecular flexibility index (Phi) is 6.22. The fourth-order valence-electron chi connectivity index (χ4n) is 2.29. The molecule has 2 N–H and O–H groups in total. The van der Waals surface area contributed by atoms with Crippen LogP contribution in [0.1, 0.15) is 32.6 Å². The Labute approximate surface area is 94.0 Å². The van der Waals surface area contributed by atoms with Crippen LogP contribution < -0.4 is 10.6 Å². The molecule has 0 aromatic rings. The molecule has 15 heavy (non-hydrogen) atoms. The Morgan fingerprint density at radius 1 is 1.33 bits per heavy atom. The van der Waals surface area contributed by atoms with Crippen molar-refractivity contribution in [1.82, 2.24) is 10.6 Å². The first kappa shape index (κ1) is 12.9. The van der Waals surface area contributed by atoms with Crippen molar-refractivity contribution < 1.29 is 4.74 Å². The summed E-state index contributed by atoms with van der Waals surface area (Å²) in [5, 5.41) is 6.99. The van der Waals surface area contributed by atoms with Gasteiger partial charge in [-0.15, -0.1) is 0 Å². The highest BCUT2D eigenvalue weighted by molar-refractivity contribution is 4.86. The molecule has 1 saturated heterocycles. The van der Waals surface area contributed by atoms with Crippen molar-refractivity contribution in [3.63, 3.8) is 0 Å². The van der Waals surface area contributed by atoms with Crippen molar-refractivity contribution >= 4 is 0 Å². The molecule has 1 aliphatic rings. The highest BCUT2D eigenvalue weighted by Gasteiger charge is 2.31. The number of hydrogen-bond donors (Lipinski definition) is 2. The quantitative estimate of drug-likeness (QED) is 0.628. The van der Waals surface area contributed by atoms with Crippen molar-refractivity contribution in [1.29, 1.82) is 0 Å². The second-order valence-electron chi connectivity index (χ2n) is 4.71. The van der Waals surface area contributed by atoms with Crippen LogP contribution in [0, 0.1) is 5.41 Å². The van der Waals surface area contributed by atoms with Gasteiger partial charge in [-0.05, 0) is 38.9 Å². The Morgan fingerprint density at radius 3 is 2.67 bits per heavy atom. The Hall–Kier alpha value is -0.120. The van der Waals surface area contributed by atoms with Crippen molar-refractivity contribution in [2.75, 3.05) is 39.9 Å². The minimum absolute atomic E-state index is 0.383. The Morgan fingerprint density at radius 2 is 2.07 bits per heavy atom. The maximum absolute atomic E-state index is 5.37. The summed E-state index contributed by atoms with van der Waals surface area (Å²) in [7, 11) is 1.82. The number of hydrogen-bond acceptors (Lipinski definition) is 3. The van der Waals surface area contributed by atoms with Gasteiger partial charge in [0.1, 0.15) is 0 Å². The predicted octanol–water partition coefficient (Wildman–Crippen LogP) is 1.39. The summed E-state index contributed by atoms with van der Waals surface area (Å²) >= 11 is 0. The van der Waals surface area contributed by atoms with Crippen LogP contribution in [0.2, 0.25) is 0 Å². The summed E-state index contributed by atoms with van der Waals surface area (Å²) in [4.78, 5) is 0. The number of methoxy groups -OCH3 is 1. The van der Waals surface area contributed by atoms with E-state index in [1.165, 1.54) is 25.7 Å². The van der Waals surface area contributed by atoms with E-state index >= 15 is 0 Å². The molecule has 90 valence electrons. The number of nitrogens with one attached hydrogen (secondary N) is 2. The molecule has 3 nitrogen and oxygen atoms in total. The second kappa shape index (κ2) is 7.20. The minimum Gasteiger partial charge on any atom is -0.384 e.